The van der Waals surface area contributed by atoms with E-state index in [0.717, 1.165) is 23.6 Å². The molecule has 0 aliphatic carbocycles. The lowest BCUT2D eigenvalue weighted by Crippen LogP contribution is -2.74. The maximum atomic E-state index is 13.5. The lowest BCUT2D eigenvalue weighted by atomic mass is 9.87. The number of non-ortho nitro benzene ring substituents is 1. The Balaban J connectivity index is 1.63. The molecule has 4 rings (SSSR count). The van der Waals surface area contributed by atoms with Crippen molar-refractivity contribution in [2.45, 2.75) is 35.8 Å². The summed E-state index contributed by atoms with van der Waals surface area (Å²) in [5.74, 6) is -2.53. The molecule has 0 radical (unpaired) electrons. The molecular formula is C23H23N3O9S2. The quantitative estimate of drug-likeness (QED) is 0.168. The molecular weight excluding hydrogens is 526 g/mol. The number of nitro benzene ring substituents is 1. The zero-order valence-corrected chi connectivity index (χ0v) is 21.4. The first-order chi connectivity index (χ1) is 17.4. The second-order valence-corrected chi connectivity index (χ2v) is 11.4. The minimum absolute atomic E-state index is 0.156. The highest BCUT2D eigenvalue weighted by Crippen LogP contribution is 2.50. The number of ether oxygens (including phenoxy) is 1. The average Bonchev–Trinajstić information content (AvgIpc) is 2.83. The third-order valence-electron chi connectivity index (χ3n) is 5.90. The van der Waals surface area contributed by atoms with E-state index in [0.29, 0.717) is 5.56 Å². The Labute approximate surface area is 216 Å². The molecule has 2 heterocycles. The zero-order valence-electron chi connectivity index (χ0n) is 19.7. The Hall–Kier alpha value is -3.49. The Morgan fingerprint density at radius 1 is 1.19 bits per heavy atom. The number of nitro groups is 1. The summed E-state index contributed by atoms with van der Waals surface area (Å²) < 4.78 is 35.2. The molecule has 3 unspecified atom stereocenters. The Morgan fingerprint density at radius 3 is 2.41 bits per heavy atom. The summed E-state index contributed by atoms with van der Waals surface area (Å²) in [4.78, 5) is 50.2. The van der Waals surface area contributed by atoms with Gasteiger partial charge in [-0.25, -0.2) is 8.98 Å². The number of hydrogen-bond acceptors (Lipinski definition) is 10. The summed E-state index contributed by atoms with van der Waals surface area (Å²) in [6.07, 6.45) is 0.755. The first-order valence-electron chi connectivity index (χ1n) is 11.0. The zero-order chi connectivity index (χ0) is 27.0. The van der Waals surface area contributed by atoms with Crippen LogP contribution in [0.2, 0.25) is 0 Å². The van der Waals surface area contributed by atoms with E-state index < -0.39 is 55.7 Å². The van der Waals surface area contributed by atoms with E-state index in [-0.39, 0.29) is 18.2 Å². The molecule has 0 aromatic heterocycles. The fourth-order valence-electron chi connectivity index (χ4n) is 4.26. The summed E-state index contributed by atoms with van der Waals surface area (Å²) in [5, 5.41) is 11.8. The van der Waals surface area contributed by atoms with Crippen molar-refractivity contribution in [3.05, 3.63) is 75.8 Å². The van der Waals surface area contributed by atoms with Gasteiger partial charge < -0.3 is 15.0 Å². The molecule has 2 aromatic rings. The summed E-state index contributed by atoms with van der Waals surface area (Å²) in [5.41, 5.74) is -1.27. The Morgan fingerprint density at radius 2 is 1.84 bits per heavy atom. The van der Waals surface area contributed by atoms with E-state index in [4.69, 9.17) is 8.92 Å². The van der Waals surface area contributed by atoms with Crippen LogP contribution in [0.3, 0.4) is 0 Å². The van der Waals surface area contributed by atoms with Gasteiger partial charge in [0.15, 0.2) is 0 Å². The fraction of sp³-hybridized carbons (Fsp3) is 0.348. The van der Waals surface area contributed by atoms with Crippen molar-refractivity contribution in [1.82, 2.24) is 10.2 Å². The second-order valence-electron chi connectivity index (χ2n) is 8.64. The third-order valence-corrected chi connectivity index (χ3v) is 8.08. The number of carbonyl (C=O) groups excluding carboxylic acids is 3. The van der Waals surface area contributed by atoms with Crippen LogP contribution >= 0.6 is 11.8 Å². The van der Waals surface area contributed by atoms with E-state index in [2.05, 4.69) is 5.32 Å². The van der Waals surface area contributed by atoms with E-state index >= 15 is 0 Å². The number of amides is 2. The van der Waals surface area contributed by atoms with Crippen molar-refractivity contribution in [3.63, 3.8) is 0 Å². The van der Waals surface area contributed by atoms with Crippen molar-refractivity contribution in [3.8, 4) is 0 Å². The number of nitrogens with zero attached hydrogens (tertiary/aromatic N) is 2. The molecule has 1 N–H and O–H groups in total. The summed E-state index contributed by atoms with van der Waals surface area (Å²) in [6, 6.07) is 14.2. The molecule has 12 nitrogen and oxygen atoms in total. The monoisotopic (exact) mass is 549 g/mol. The minimum atomic E-state index is -4.27. The van der Waals surface area contributed by atoms with Gasteiger partial charge in [-0.1, -0.05) is 30.3 Å². The van der Waals surface area contributed by atoms with E-state index in [1.165, 1.54) is 36.1 Å². The van der Waals surface area contributed by atoms with Gasteiger partial charge in [-0.3, -0.25) is 19.7 Å². The van der Waals surface area contributed by atoms with Gasteiger partial charge in [-0.2, -0.15) is 8.42 Å². The molecule has 0 spiro atoms. The lowest BCUT2D eigenvalue weighted by Gasteiger charge is -2.56. The molecule has 2 aromatic carbocycles. The van der Waals surface area contributed by atoms with Crippen molar-refractivity contribution >= 4 is 45.4 Å². The molecule has 4 atom stereocenters. The Kier molecular flexibility index (Phi) is 7.26. The molecule has 14 heteroatoms. The normalized spacial score (nSPS) is 25.0. The van der Waals surface area contributed by atoms with Crippen LogP contribution in [0, 0.1) is 10.1 Å². The van der Waals surface area contributed by atoms with Gasteiger partial charge in [-0.15, -0.1) is 11.8 Å². The van der Waals surface area contributed by atoms with Crippen molar-refractivity contribution in [2.24, 2.45) is 0 Å². The number of rotatable bonds is 8. The highest BCUT2D eigenvalue weighted by Gasteiger charge is 2.64. The number of thioether (sulfide) groups is 1. The van der Waals surface area contributed by atoms with Gasteiger partial charge in [0.2, 0.25) is 17.4 Å². The number of β-lactam (4-membered cyclic amide) rings is 1. The highest BCUT2D eigenvalue weighted by atomic mass is 32.2. The van der Waals surface area contributed by atoms with Gasteiger partial charge in [0.25, 0.3) is 15.8 Å². The SMILES string of the molecule is CC(=O)NC1S[C@@H]2C(c3ccccc3)C(=O)N2CC1(OS(C)(=O)=O)C(=O)OCc1ccc([N+](=O)[O-])cc1. The number of benzene rings is 2. The van der Waals surface area contributed by atoms with Crippen LogP contribution in [0.5, 0.6) is 0 Å². The maximum Gasteiger partial charge on any atom is 0.345 e. The molecule has 0 bridgehead atoms. The van der Waals surface area contributed by atoms with Gasteiger partial charge in [-0.05, 0) is 23.3 Å². The van der Waals surface area contributed by atoms with Crippen LogP contribution in [0.25, 0.3) is 0 Å². The van der Waals surface area contributed by atoms with Gasteiger partial charge in [0.1, 0.15) is 12.0 Å². The number of carbonyl (C=O) groups is 3. The lowest BCUT2D eigenvalue weighted by molar-refractivity contribution is -0.384. The van der Waals surface area contributed by atoms with Crippen molar-refractivity contribution < 1.29 is 36.6 Å². The molecule has 2 aliphatic rings. The topological polar surface area (TPSA) is 162 Å². The largest absolute Gasteiger partial charge is 0.459 e. The van der Waals surface area contributed by atoms with Crippen molar-refractivity contribution in [1.29, 1.82) is 0 Å². The van der Waals surface area contributed by atoms with Gasteiger partial charge in [0, 0.05) is 19.1 Å². The third kappa shape index (κ3) is 5.45. The number of esters is 1. The summed E-state index contributed by atoms with van der Waals surface area (Å²) >= 11 is 1.03. The second kappa shape index (κ2) is 10.1. The molecule has 0 saturated carbocycles. The molecule has 2 saturated heterocycles. The Bertz CT molecular complexity index is 1330. The number of hydrogen-bond donors (Lipinski definition) is 1. The van der Waals surface area contributed by atoms with E-state index in [1.54, 1.807) is 24.3 Å². The first-order valence-corrected chi connectivity index (χ1v) is 13.8. The molecule has 2 fully saturated rings. The van der Waals surface area contributed by atoms with Crippen LogP contribution in [0.1, 0.15) is 24.0 Å². The van der Waals surface area contributed by atoms with E-state index in [9.17, 15) is 32.9 Å². The van der Waals surface area contributed by atoms with Crippen LogP contribution < -0.4 is 5.32 Å². The fourth-order valence-corrected chi connectivity index (χ4v) is 6.79. The molecule has 2 aliphatic heterocycles. The van der Waals surface area contributed by atoms with Crippen LogP contribution in [-0.2, 0) is 40.0 Å². The van der Waals surface area contributed by atoms with Gasteiger partial charge in [0.05, 0.1) is 29.0 Å². The predicted octanol–water partition coefficient (Wildman–Crippen LogP) is 1.51. The van der Waals surface area contributed by atoms with Crippen LogP contribution in [-0.4, -0.2) is 65.2 Å². The average molecular weight is 550 g/mol. The first kappa shape index (κ1) is 26.6. The summed E-state index contributed by atoms with van der Waals surface area (Å²) in [7, 11) is -4.27. The standard InChI is InChI=1S/C23H23N3O9S2/c1-14(27)24-21-23(35-37(2,32)33,22(29)34-12-15-8-10-17(11-9-15)26(30)31)13-25-19(28)18(20(25)36-21)16-6-4-3-5-7-16/h3-11,18,20-21H,12-13H2,1-2H3,(H,24,27)/t18?,20-,21?,23?/m1/s1. The molecule has 196 valence electrons. The maximum absolute atomic E-state index is 13.5. The molecule has 2 amide bonds. The number of nitrogens with one attached hydrogen (secondary N) is 1. The minimum Gasteiger partial charge on any atom is -0.459 e. The molecule has 37 heavy (non-hydrogen) atoms. The van der Waals surface area contributed by atoms with Gasteiger partial charge >= 0.3 is 5.97 Å². The predicted molar refractivity (Wildman–Crippen MR) is 131 cm³/mol. The summed E-state index contributed by atoms with van der Waals surface area (Å²) in [6.45, 7) is 0.387. The number of fused-ring (bicyclic) bond motifs is 1. The van der Waals surface area contributed by atoms with Crippen LogP contribution in [0.15, 0.2) is 54.6 Å². The van der Waals surface area contributed by atoms with E-state index in [1.807, 2.05) is 6.07 Å². The van der Waals surface area contributed by atoms with Crippen LogP contribution in [0.4, 0.5) is 5.69 Å². The highest BCUT2D eigenvalue weighted by molar-refractivity contribution is 8.00. The van der Waals surface area contributed by atoms with Crippen molar-refractivity contribution in [2.75, 3.05) is 12.8 Å². The smallest absolute Gasteiger partial charge is 0.345 e.